The van der Waals surface area contributed by atoms with Crippen molar-refractivity contribution in [2.45, 2.75) is 38.8 Å². The van der Waals surface area contributed by atoms with Gasteiger partial charge in [0, 0.05) is 18.3 Å². The summed E-state index contributed by atoms with van der Waals surface area (Å²) in [5, 5.41) is 16.6. The van der Waals surface area contributed by atoms with Crippen LogP contribution in [-0.4, -0.2) is 26.9 Å². The molecular formula is C16H21N3O2. The van der Waals surface area contributed by atoms with Gasteiger partial charge in [-0.25, -0.2) is 4.68 Å². The van der Waals surface area contributed by atoms with Crippen molar-refractivity contribution in [2.24, 2.45) is 0 Å². The Bertz CT molecular complexity index is 566. The molecule has 0 saturated heterocycles. The van der Waals surface area contributed by atoms with Crippen molar-refractivity contribution in [3.63, 3.8) is 0 Å². The highest BCUT2D eigenvalue weighted by atomic mass is 16.4. The molecule has 1 heterocycles. The monoisotopic (exact) mass is 287 g/mol. The van der Waals surface area contributed by atoms with Gasteiger partial charge in [0.25, 0.3) is 0 Å². The van der Waals surface area contributed by atoms with E-state index in [0.717, 1.165) is 24.1 Å². The normalized spacial score (nSPS) is 12.2. The van der Waals surface area contributed by atoms with Gasteiger partial charge in [-0.05, 0) is 18.6 Å². The molecule has 0 radical (unpaired) electrons. The molecule has 0 fully saturated rings. The van der Waals surface area contributed by atoms with Crippen molar-refractivity contribution in [3.8, 4) is 5.69 Å². The van der Waals surface area contributed by atoms with Gasteiger partial charge in [-0.1, -0.05) is 38.0 Å². The second-order valence-corrected chi connectivity index (χ2v) is 5.04. The van der Waals surface area contributed by atoms with Crippen LogP contribution in [0.1, 0.15) is 31.7 Å². The number of rotatable bonds is 8. The van der Waals surface area contributed by atoms with Crippen LogP contribution in [0.3, 0.4) is 0 Å². The van der Waals surface area contributed by atoms with Gasteiger partial charge in [0.2, 0.25) is 0 Å². The largest absolute Gasteiger partial charge is 0.480 e. The van der Waals surface area contributed by atoms with Crippen molar-refractivity contribution < 1.29 is 9.90 Å². The van der Waals surface area contributed by atoms with E-state index in [2.05, 4.69) is 17.3 Å². The lowest BCUT2D eigenvalue weighted by molar-refractivity contribution is -0.139. The first-order valence-electron chi connectivity index (χ1n) is 7.26. The Hall–Kier alpha value is -2.14. The molecule has 0 bridgehead atoms. The lowest BCUT2D eigenvalue weighted by atomic mass is 10.1. The number of hydrogen-bond donors (Lipinski definition) is 2. The molecule has 1 aromatic carbocycles. The first-order chi connectivity index (χ1) is 10.2. The minimum absolute atomic E-state index is 0.495. The molecule has 0 aliphatic carbocycles. The van der Waals surface area contributed by atoms with Crippen LogP contribution in [0.5, 0.6) is 0 Å². The first kappa shape index (κ1) is 15.3. The fourth-order valence-corrected chi connectivity index (χ4v) is 2.14. The van der Waals surface area contributed by atoms with Crippen molar-refractivity contribution in [3.05, 3.63) is 48.3 Å². The Balaban J connectivity index is 1.94. The second-order valence-electron chi connectivity index (χ2n) is 5.04. The zero-order valence-corrected chi connectivity index (χ0v) is 12.2. The van der Waals surface area contributed by atoms with E-state index in [0.29, 0.717) is 13.0 Å². The lowest BCUT2D eigenvalue weighted by Gasteiger charge is -2.12. The van der Waals surface area contributed by atoms with E-state index < -0.39 is 12.0 Å². The number of nitrogens with zero attached hydrogens (tertiary/aromatic N) is 2. The Kier molecular flexibility index (Phi) is 5.51. The molecule has 0 saturated carbocycles. The summed E-state index contributed by atoms with van der Waals surface area (Å²) in [6, 6.07) is 9.34. The molecule has 2 rings (SSSR count). The number of aliphatic carboxylic acids is 1. The maximum absolute atomic E-state index is 11.2. The number of carboxylic acid groups (broad SMARTS) is 1. The predicted octanol–water partition coefficient (Wildman–Crippen LogP) is 2.61. The summed E-state index contributed by atoms with van der Waals surface area (Å²) in [6.45, 7) is 2.57. The topological polar surface area (TPSA) is 67.2 Å². The van der Waals surface area contributed by atoms with E-state index in [9.17, 15) is 9.90 Å². The van der Waals surface area contributed by atoms with Gasteiger partial charge in [0.05, 0.1) is 11.9 Å². The Morgan fingerprint density at radius 2 is 2.14 bits per heavy atom. The van der Waals surface area contributed by atoms with Crippen molar-refractivity contribution in [1.29, 1.82) is 0 Å². The molecule has 5 nitrogen and oxygen atoms in total. The number of benzene rings is 1. The fourth-order valence-electron chi connectivity index (χ4n) is 2.14. The van der Waals surface area contributed by atoms with Gasteiger partial charge in [-0.3, -0.25) is 4.79 Å². The Morgan fingerprint density at radius 1 is 1.38 bits per heavy atom. The minimum atomic E-state index is -0.793. The smallest absolute Gasteiger partial charge is 0.320 e. The highest BCUT2D eigenvalue weighted by molar-refractivity contribution is 5.73. The van der Waals surface area contributed by atoms with Crippen molar-refractivity contribution >= 4 is 5.97 Å². The number of nitrogens with one attached hydrogen (secondary N) is 1. The standard InChI is InChI=1S/C16H21N3O2/c1-2-3-9-15(16(20)21)17-10-13-11-18-19(12-13)14-7-5-4-6-8-14/h4-8,11-12,15,17H,2-3,9-10H2,1H3,(H,20,21). The number of para-hydroxylation sites is 1. The van der Waals surface area contributed by atoms with Gasteiger partial charge >= 0.3 is 5.97 Å². The molecule has 0 spiro atoms. The highest BCUT2D eigenvalue weighted by Crippen LogP contribution is 2.08. The zero-order chi connectivity index (χ0) is 15.1. The quantitative estimate of drug-likeness (QED) is 0.783. The van der Waals surface area contributed by atoms with E-state index in [-0.39, 0.29) is 0 Å². The molecule has 1 aromatic heterocycles. The van der Waals surface area contributed by atoms with Crippen LogP contribution in [0.25, 0.3) is 5.69 Å². The van der Waals surface area contributed by atoms with Crippen LogP contribution in [0.2, 0.25) is 0 Å². The van der Waals surface area contributed by atoms with E-state index in [4.69, 9.17) is 0 Å². The molecule has 0 aliphatic heterocycles. The van der Waals surface area contributed by atoms with Gasteiger partial charge in [0.15, 0.2) is 0 Å². The fraction of sp³-hybridized carbons (Fsp3) is 0.375. The summed E-state index contributed by atoms with van der Waals surface area (Å²) in [4.78, 5) is 11.2. The molecule has 5 heteroatoms. The lowest BCUT2D eigenvalue weighted by Crippen LogP contribution is -2.36. The molecule has 1 unspecified atom stereocenters. The number of hydrogen-bond acceptors (Lipinski definition) is 3. The molecule has 21 heavy (non-hydrogen) atoms. The summed E-state index contributed by atoms with van der Waals surface area (Å²) in [7, 11) is 0. The van der Waals surface area contributed by atoms with E-state index in [1.165, 1.54) is 0 Å². The van der Waals surface area contributed by atoms with E-state index in [1.54, 1.807) is 10.9 Å². The van der Waals surface area contributed by atoms with Crippen LogP contribution in [0.15, 0.2) is 42.7 Å². The first-order valence-corrected chi connectivity index (χ1v) is 7.26. The molecule has 2 aromatic rings. The van der Waals surface area contributed by atoms with E-state index in [1.807, 2.05) is 36.5 Å². The molecular weight excluding hydrogens is 266 g/mol. The van der Waals surface area contributed by atoms with Crippen LogP contribution < -0.4 is 5.32 Å². The third-order valence-corrected chi connectivity index (χ3v) is 3.35. The third kappa shape index (κ3) is 4.43. The van der Waals surface area contributed by atoms with Crippen LogP contribution in [0, 0.1) is 0 Å². The SMILES string of the molecule is CCCCC(NCc1cnn(-c2ccccc2)c1)C(=O)O. The van der Waals surface area contributed by atoms with Gasteiger partial charge in [0.1, 0.15) is 6.04 Å². The maximum atomic E-state index is 11.2. The minimum Gasteiger partial charge on any atom is -0.480 e. The third-order valence-electron chi connectivity index (χ3n) is 3.35. The van der Waals surface area contributed by atoms with Gasteiger partial charge in [-0.2, -0.15) is 5.10 Å². The summed E-state index contributed by atoms with van der Waals surface area (Å²) >= 11 is 0. The maximum Gasteiger partial charge on any atom is 0.320 e. The molecule has 112 valence electrons. The van der Waals surface area contributed by atoms with Crippen LogP contribution in [0.4, 0.5) is 0 Å². The summed E-state index contributed by atoms with van der Waals surface area (Å²) in [6.07, 6.45) is 6.24. The second kappa shape index (κ2) is 7.59. The summed E-state index contributed by atoms with van der Waals surface area (Å²) < 4.78 is 1.79. The van der Waals surface area contributed by atoms with E-state index >= 15 is 0 Å². The Morgan fingerprint density at radius 3 is 2.81 bits per heavy atom. The predicted molar refractivity (Wildman–Crippen MR) is 81.4 cm³/mol. The Labute approximate surface area is 124 Å². The number of carbonyl (C=O) groups is 1. The molecule has 1 atom stereocenters. The van der Waals surface area contributed by atoms with Gasteiger partial charge < -0.3 is 10.4 Å². The van der Waals surface area contributed by atoms with Crippen LogP contribution in [-0.2, 0) is 11.3 Å². The molecule has 2 N–H and O–H groups in total. The summed E-state index contributed by atoms with van der Waals surface area (Å²) in [5.41, 5.74) is 1.96. The average molecular weight is 287 g/mol. The molecule has 0 aliphatic rings. The van der Waals surface area contributed by atoms with Crippen molar-refractivity contribution in [1.82, 2.24) is 15.1 Å². The van der Waals surface area contributed by atoms with Crippen LogP contribution >= 0.6 is 0 Å². The van der Waals surface area contributed by atoms with Gasteiger partial charge in [-0.15, -0.1) is 0 Å². The average Bonchev–Trinajstić information content (AvgIpc) is 2.97. The number of unbranched alkanes of at least 4 members (excludes halogenated alkanes) is 1. The molecule has 0 amide bonds. The zero-order valence-electron chi connectivity index (χ0n) is 12.2. The summed E-state index contributed by atoms with van der Waals surface area (Å²) in [5.74, 6) is -0.793. The number of carboxylic acids is 1. The number of aromatic nitrogens is 2. The van der Waals surface area contributed by atoms with Crippen molar-refractivity contribution in [2.75, 3.05) is 0 Å². The highest BCUT2D eigenvalue weighted by Gasteiger charge is 2.16.